The SMILES string of the molecule is CSc1cccc(NS(=O)(=O)c2ccc(NC(=O)C(C)(O)C(F)(F)F)c(F)c2)c1. The number of hydrogen-bond donors (Lipinski definition) is 3. The molecule has 6 nitrogen and oxygen atoms in total. The zero-order chi connectivity index (χ0) is 22.0. The molecule has 2 rings (SSSR count). The maximum absolute atomic E-state index is 14.2. The van der Waals surface area contributed by atoms with Gasteiger partial charge in [0.25, 0.3) is 15.9 Å². The van der Waals surface area contributed by atoms with Crippen LogP contribution in [0.15, 0.2) is 52.3 Å². The lowest BCUT2D eigenvalue weighted by molar-refractivity contribution is -0.242. The highest BCUT2D eigenvalue weighted by molar-refractivity contribution is 7.98. The van der Waals surface area contributed by atoms with Crippen molar-refractivity contribution >= 4 is 39.1 Å². The van der Waals surface area contributed by atoms with Gasteiger partial charge in [0.1, 0.15) is 5.82 Å². The molecule has 1 atom stereocenters. The first-order valence-corrected chi connectivity index (χ1v) is 10.6. The van der Waals surface area contributed by atoms with E-state index in [0.717, 1.165) is 17.0 Å². The second kappa shape index (κ2) is 8.20. The van der Waals surface area contributed by atoms with E-state index in [1.165, 1.54) is 17.8 Å². The molecule has 0 radical (unpaired) electrons. The minimum absolute atomic E-state index is 0.214. The monoisotopic (exact) mass is 452 g/mol. The summed E-state index contributed by atoms with van der Waals surface area (Å²) >= 11 is 1.38. The first kappa shape index (κ1) is 23.0. The lowest BCUT2D eigenvalue weighted by Gasteiger charge is -2.25. The van der Waals surface area contributed by atoms with Crippen LogP contribution in [-0.4, -0.2) is 37.5 Å². The summed E-state index contributed by atoms with van der Waals surface area (Å²) < 4.78 is 79.3. The highest BCUT2D eigenvalue weighted by atomic mass is 32.2. The molecule has 29 heavy (non-hydrogen) atoms. The molecule has 0 saturated heterocycles. The third-order valence-corrected chi connectivity index (χ3v) is 5.92. The number of nitrogens with one attached hydrogen (secondary N) is 2. The number of aliphatic hydroxyl groups is 1. The molecule has 12 heteroatoms. The summed E-state index contributed by atoms with van der Waals surface area (Å²) in [4.78, 5) is 11.9. The first-order valence-electron chi connectivity index (χ1n) is 7.85. The molecule has 0 saturated carbocycles. The van der Waals surface area contributed by atoms with Gasteiger partial charge in [-0.3, -0.25) is 9.52 Å². The average molecular weight is 452 g/mol. The Labute approximate surface area is 168 Å². The Bertz CT molecular complexity index is 1020. The maximum Gasteiger partial charge on any atom is 0.426 e. The Hall–Kier alpha value is -2.31. The Balaban J connectivity index is 2.25. The van der Waals surface area contributed by atoms with Crippen molar-refractivity contribution in [1.82, 2.24) is 0 Å². The minimum Gasteiger partial charge on any atom is -0.373 e. The van der Waals surface area contributed by atoms with Gasteiger partial charge in [-0.25, -0.2) is 12.8 Å². The number of alkyl halides is 3. The second-order valence-corrected chi connectivity index (χ2v) is 8.57. The fraction of sp³-hybridized carbons (Fsp3) is 0.235. The number of benzene rings is 2. The van der Waals surface area contributed by atoms with Crippen LogP contribution in [0.1, 0.15) is 6.92 Å². The standard InChI is InChI=1S/C17H16F4N2O4S2/c1-16(25,17(19,20)21)15(24)22-14-7-6-12(9-13(14)18)29(26,27)23-10-4-3-5-11(8-10)28-2/h3-9,23,25H,1-2H3,(H,22,24). The molecule has 0 aliphatic heterocycles. The van der Waals surface area contributed by atoms with E-state index in [2.05, 4.69) is 4.72 Å². The van der Waals surface area contributed by atoms with Gasteiger partial charge in [-0.15, -0.1) is 11.8 Å². The molecule has 0 aliphatic rings. The van der Waals surface area contributed by atoms with Crippen LogP contribution >= 0.6 is 11.8 Å². The van der Waals surface area contributed by atoms with Crippen LogP contribution in [0.4, 0.5) is 28.9 Å². The molecule has 2 aromatic carbocycles. The van der Waals surface area contributed by atoms with Crippen molar-refractivity contribution in [2.45, 2.75) is 28.5 Å². The van der Waals surface area contributed by atoms with Crippen molar-refractivity contribution in [3.63, 3.8) is 0 Å². The molecule has 0 bridgehead atoms. The number of thioether (sulfide) groups is 1. The molecule has 0 aromatic heterocycles. The number of sulfonamides is 1. The van der Waals surface area contributed by atoms with E-state index in [0.29, 0.717) is 6.07 Å². The van der Waals surface area contributed by atoms with E-state index in [9.17, 15) is 35.9 Å². The quantitative estimate of drug-likeness (QED) is 0.460. The molecule has 0 aliphatic carbocycles. The zero-order valence-corrected chi connectivity index (χ0v) is 16.7. The van der Waals surface area contributed by atoms with E-state index in [4.69, 9.17) is 0 Å². The van der Waals surface area contributed by atoms with Crippen LogP contribution < -0.4 is 10.0 Å². The number of rotatable bonds is 6. The first-order chi connectivity index (χ1) is 13.3. The van der Waals surface area contributed by atoms with Crippen molar-refractivity contribution in [3.05, 3.63) is 48.3 Å². The number of carbonyl (C=O) groups is 1. The van der Waals surface area contributed by atoms with E-state index in [1.807, 2.05) is 0 Å². The van der Waals surface area contributed by atoms with Gasteiger partial charge in [0.2, 0.25) is 5.60 Å². The summed E-state index contributed by atoms with van der Waals surface area (Å²) in [5, 5.41) is 10.9. The summed E-state index contributed by atoms with van der Waals surface area (Å²) in [5.41, 5.74) is -4.24. The average Bonchev–Trinajstić information content (AvgIpc) is 2.62. The summed E-state index contributed by atoms with van der Waals surface area (Å²) in [5.74, 6) is -3.21. The molecule has 0 spiro atoms. The second-order valence-electron chi connectivity index (χ2n) is 6.00. The number of hydrogen-bond acceptors (Lipinski definition) is 5. The van der Waals surface area contributed by atoms with Gasteiger partial charge in [0, 0.05) is 10.6 Å². The van der Waals surface area contributed by atoms with Gasteiger partial charge in [-0.1, -0.05) is 6.07 Å². The van der Waals surface area contributed by atoms with E-state index in [1.54, 1.807) is 29.8 Å². The number of anilines is 2. The van der Waals surface area contributed by atoms with Gasteiger partial charge in [-0.2, -0.15) is 13.2 Å². The van der Waals surface area contributed by atoms with Crippen molar-refractivity contribution in [2.24, 2.45) is 0 Å². The number of halogens is 4. The van der Waals surface area contributed by atoms with E-state index < -0.39 is 44.1 Å². The molecule has 158 valence electrons. The molecule has 2 aromatic rings. The van der Waals surface area contributed by atoms with Crippen LogP contribution in [0.3, 0.4) is 0 Å². The van der Waals surface area contributed by atoms with Crippen molar-refractivity contribution in [3.8, 4) is 0 Å². The van der Waals surface area contributed by atoms with Crippen LogP contribution in [0.2, 0.25) is 0 Å². The smallest absolute Gasteiger partial charge is 0.373 e. The van der Waals surface area contributed by atoms with E-state index in [-0.39, 0.29) is 12.6 Å². The Morgan fingerprint density at radius 2 is 1.79 bits per heavy atom. The predicted molar refractivity (Wildman–Crippen MR) is 101 cm³/mol. The number of carbonyl (C=O) groups excluding carboxylic acids is 1. The molecule has 1 amide bonds. The normalized spacial score (nSPS) is 14.2. The van der Waals surface area contributed by atoms with Crippen LogP contribution in [0.25, 0.3) is 0 Å². The van der Waals surface area contributed by atoms with Crippen LogP contribution in [0, 0.1) is 5.82 Å². The molecule has 3 N–H and O–H groups in total. The molecular formula is C17H16F4N2O4S2. The Morgan fingerprint density at radius 1 is 1.14 bits per heavy atom. The molecule has 0 fully saturated rings. The Morgan fingerprint density at radius 3 is 2.34 bits per heavy atom. The minimum atomic E-state index is -5.29. The van der Waals surface area contributed by atoms with E-state index >= 15 is 0 Å². The fourth-order valence-electron chi connectivity index (χ4n) is 2.04. The lowest BCUT2D eigenvalue weighted by atomic mass is 10.1. The topological polar surface area (TPSA) is 95.5 Å². The van der Waals surface area contributed by atoms with Gasteiger partial charge in [0.05, 0.1) is 10.6 Å². The van der Waals surface area contributed by atoms with Gasteiger partial charge in [-0.05, 0) is 49.6 Å². The van der Waals surface area contributed by atoms with Crippen LogP contribution in [-0.2, 0) is 14.8 Å². The van der Waals surface area contributed by atoms with Gasteiger partial charge < -0.3 is 10.4 Å². The van der Waals surface area contributed by atoms with Gasteiger partial charge in [0.15, 0.2) is 0 Å². The zero-order valence-electron chi connectivity index (χ0n) is 15.0. The number of amides is 1. The molecule has 0 heterocycles. The van der Waals surface area contributed by atoms with Gasteiger partial charge >= 0.3 is 6.18 Å². The largest absolute Gasteiger partial charge is 0.426 e. The van der Waals surface area contributed by atoms with Crippen LogP contribution in [0.5, 0.6) is 0 Å². The highest BCUT2D eigenvalue weighted by Crippen LogP contribution is 2.31. The molecular weight excluding hydrogens is 436 g/mol. The third-order valence-electron chi connectivity index (χ3n) is 3.82. The highest BCUT2D eigenvalue weighted by Gasteiger charge is 2.55. The summed E-state index contributed by atoms with van der Waals surface area (Å²) in [6, 6.07) is 8.66. The lowest BCUT2D eigenvalue weighted by Crippen LogP contribution is -2.52. The summed E-state index contributed by atoms with van der Waals surface area (Å²) in [7, 11) is -4.20. The summed E-state index contributed by atoms with van der Waals surface area (Å²) in [6.45, 7) is 0.214. The fourth-order valence-corrected chi connectivity index (χ4v) is 3.56. The predicted octanol–water partition coefficient (Wildman–Crippen LogP) is 3.60. The van der Waals surface area contributed by atoms with Crippen molar-refractivity contribution in [1.29, 1.82) is 0 Å². The van der Waals surface area contributed by atoms with Crippen molar-refractivity contribution < 1.29 is 35.9 Å². The maximum atomic E-state index is 14.2. The summed E-state index contributed by atoms with van der Waals surface area (Å²) in [6.07, 6.45) is -3.49. The third kappa shape index (κ3) is 5.19. The Kier molecular flexibility index (Phi) is 6.50. The molecule has 1 unspecified atom stereocenters. The van der Waals surface area contributed by atoms with Crippen molar-refractivity contribution in [2.75, 3.05) is 16.3 Å².